The van der Waals surface area contributed by atoms with Crippen molar-refractivity contribution < 1.29 is 14.3 Å². The smallest absolute Gasteiger partial charge is 0.274 e. The van der Waals surface area contributed by atoms with Crippen LogP contribution in [0.3, 0.4) is 0 Å². The topological polar surface area (TPSA) is 120 Å². The van der Waals surface area contributed by atoms with Crippen LogP contribution in [-0.4, -0.2) is 44.9 Å². The number of nitriles is 1. The molecule has 0 saturated carbocycles. The van der Waals surface area contributed by atoms with E-state index in [1.54, 1.807) is 24.3 Å². The molecule has 3 aromatic carbocycles. The van der Waals surface area contributed by atoms with Crippen molar-refractivity contribution in [3.63, 3.8) is 0 Å². The van der Waals surface area contributed by atoms with Crippen LogP contribution in [-0.2, 0) is 13.1 Å². The van der Waals surface area contributed by atoms with Gasteiger partial charge < -0.3 is 16.2 Å². The zero-order valence-electron chi connectivity index (χ0n) is 20.6. The van der Waals surface area contributed by atoms with Crippen LogP contribution < -0.4 is 11.1 Å². The van der Waals surface area contributed by atoms with Gasteiger partial charge in [-0.25, -0.2) is 9.07 Å². The van der Waals surface area contributed by atoms with Gasteiger partial charge in [-0.2, -0.15) is 10.4 Å². The van der Waals surface area contributed by atoms with E-state index in [-0.39, 0.29) is 23.2 Å². The van der Waals surface area contributed by atoms with Crippen molar-refractivity contribution in [2.45, 2.75) is 25.6 Å². The summed E-state index contributed by atoms with van der Waals surface area (Å²) in [6.07, 6.45) is 0.436. The second-order valence-corrected chi connectivity index (χ2v) is 9.30. The molecule has 1 atom stereocenters. The van der Waals surface area contributed by atoms with E-state index in [0.29, 0.717) is 30.9 Å². The molecule has 0 radical (unpaired) electrons. The Morgan fingerprint density at radius 3 is 2.74 bits per heavy atom. The highest BCUT2D eigenvalue weighted by atomic mass is 19.1. The van der Waals surface area contributed by atoms with E-state index in [4.69, 9.17) is 5.73 Å². The van der Waals surface area contributed by atoms with Gasteiger partial charge in [0.25, 0.3) is 5.91 Å². The minimum atomic E-state index is -0.600. The molecule has 0 spiro atoms. The predicted molar refractivity (Wildman–Crippen MR) is 142 cm³/mol. The minimum absolute atomic E-state index is 0.0147. The number of amides is 1. The number of benzene rings is 3. The first kappa shape index (κ1) is 25.3. The van der Waals surface area contributed by atoms with E-state index in [9.17, 15) is 15.2 Å². The molecule has 4 aromatic rings. The number of rotatable bonds is 7. The highest BCUT2D eigenvalue weighted by Crippen LogP contribution is 2.29. The molecule has 1 unspecified atom stereocenters. The maximum atomic E-state index is 15.2. The van der Waals surface area contributed by atoms with E-state index in [1.807, 2.05) is 36.4 Å². The number of aromatic nitrogens is 2. The fraction of sp³-hybridized carbons (Fsp3) is 0.207. The standard InChI is InChI=1S/C29H27FN6O2/c30-26-13-20(25-7-2-1-5-21(25)17-35-11-10-24(37)18-35)8-9-27(26)33-29(38)28-14-22(16-32)34-36(28)23-6-3-4-19(12-23)15-31/h1-9,12-14,24,37H,10-11,15,17-18,31H2,(H,33,38). The van der Waals surface area contributed by atoms with Gasteiger partial charge in [0.1, 0.15) is 17.6 Å². The SMILES string of the molecule is N#Cc1cc(C(=O)Nc2ccc(-c3ccccc3CN3CCC(O)C3)cc2F)n(-c2cccc(CN)c2)n1. The van der Waals surface area contributed by atoms with Crippen molar-refractivity contribution in [3.8, 4) is 22.9 Å². The number of likely N-dealkylation sites (tertiary alicyclic amines) is 1. The Bertz CT molecular complexity index is 1530. The number of carbonyl (C=O) groups is 1. The molecule has 1 aromatic heterocycles. The van der Waals surface area contributed by atoms with Crippen molar-refractivity contribution in [2.75, 3.05) is 18.4 Å². The van der Waals surface area contributed by atoms with Gasteiger partial charge >= 0.3 is 0 Å². The third-order valence-electron chi connectivity index (χ3n) is 6.63. The van der Waals surface area contributed by atoms with E-state index >= 15 is 4.39 Å². The van der Waals surface area contributed by atoms with Gasteiger partial charge in [0.2, 0.25) is 0 Å². The minimum Gasteiger partial charge on any atom is -0.392 e. The number of nitrogens with zero attached hydrogens (tertiary/aromatic N) is 4. The van der Waals surface area contributed by atoms with Crippen LogP contribution in [0.15, 0.2) is 72.8 Å². The summed E-state index contributed by atoms with van der Waals surface area (Å²) < 4.78 is 16.6. The molecule has 5 rings (SSSR count). The summed E-state index contributed by atoms with van der Waals surface area (Å²) in [7, 11) is 0. The molecule has 1 fully saturated rings. The Morgan fingerprint density at radius 1 is 1.16 bits per heavy atom. The maximum absolute atomic E-state index is 15.2. The summed E-state index contributed by atoms with van der Waals surface area (Å²) in [6.45, 7) is 2.40. The Labute approximate surface area is 219 Å². The van der Waals surface area contributed by atoms with Crippen LogP contribution in [0.25, 0.3) is 16.8 Å². The Kier molecular flexibility index (Phi) is 7.29. The molecule has 9 heteroatoms. The Morgan fingerprint density at radius 2 is 2.00 bits per heavy atom. The van der Waals surface area contributed by atoms with Gasteiger partial charge in [0.15, 0.2) is 5.69 Å². The molecular weight excluding hydrogens is 483 g/mol. The van der Waals surface area contributed by atoms with Crippen molar-refractivity contribution in [1.82, 2.24) is 14.7 Å². The van der Waals surface area contributed by atoms with Crippen LogP contribution in [0.1, 0.15) is 33.7 Å². The van der Waals surface area contributed by atoms with Crippen molar-refractivity contribution >= 4 is 11.6 Å². The van der Waals surface area contributed by atoms with Gasteiger partial charge in [-0.3, -0.25) is 9.69 Å². The molecule has 0 bridgehead atoms. The second kappa shape index (κ2) is 10.9. The monoisotopic (exact) mass is 510 g/mol. The number of nitrogens with two attached hydrogens (primary N) is 1. The number of anilines is 1. The van der Waals surface area contributed by atoms with E-state index in [2.05, 4.69) is 15.3 Å². The second-order valence-electron chi connectivity index (χ2n) is 9.30. The molecule has 1 amide bonds. The number of nitrogens with one attached hydrogen (secondary N) is 1. The lowest BCUT2D eigenvalue weighted by atomic mass is 9.99. The van der Waals surface area contributed by atoms with Gasteiger partial charge in [0.05, 0.1) is 17.5 Å². The lowest BCUT2D eigenvalue weighted by molar-refractivity contribution is 0.101. The van der Waals surface area contributed by atoms with E-state index in [0.717, 1.165) is 29.7 Å². The fourth-order valence-electron chi connectivity index (χ4n) is 4.72. The summed E-state index contributed by atoms with van der Waals surface area (Å²) in [5.41, 5.74) is 9.93. The molecule has 1 aliphatic rings. The van der Waals surface area contributed by atoms with Crippen LogP contribution in [0.2, 0.25) is 0 Å². The zero-order valence-corrected chi connectivity index (χ0v) is 20.6. The molecule has 38 heavy (non-hydrogen) atoms. The Hall–Kier alpha value is -4.36. The third kappa shape index (κ3) is 5.33. The van der Waals surface area contributed by atoms with Crippen molar-refractivity contribution in [2.24, 2.45) is 5.73 Å². The number of β-amino-alcohol motifs (C(OH)–C–C–N with tert-alkyl or cyclic N) is 1. The molecule has 2 heterocycles. The molecule has 192 valence electrons. The average Bonchev–Trinajstić information content (AvgIpc) is 3.56. The van der Waals surface area contributed by atoms with Crippen LogP contribution in [0.4, 0.5) is 10.1 Å². The number of aliphatic hydroxyl groups excluding tert-OH is 1. The lowest BCUT2D eigenvalue weighted by Crippen LogP contribution is -2.21. The highest BCUT2D eigenvalue weighted by Gasteiger charge is 2.22. The molecule has 0 aliphatic carbocycles. The number of hydrogen-bond acceptors (Lipinski definition) is 6. The quantitative estimate of drug-likeness (QED) is 0.348. The number of halogens is 1. The molecular formula is C29H27FN6O2. The van der Waals surface area contributed by atoms with Crippen LogP contribution in [0, 0.1) is 17.1 Å². The first-order valence-corrected chi connectivity index (χ1v) is 12.3. The average molecular weight is 511 g/mol. The van der Waals surface area contributed by atoms with Gasteiger partial charge in [-0.15, -0.1) is 0 Å². The molecule has 8 nitrogen and oxygen atoms in total. The third-order valence-corrected chi connectivity index (χ3v) is 6.63. The lowest BCUT2D eigenvalue weighted by Gasteiger charge is -2.18. The normalized spacial score (nSPS) is 15.4. The van der Waals surface area contributed by atoms with E-state index < -0.39 is 11.7 Å². The summed E-state index contributed by atoms with van der Waals surface area (Å²) >= 11 is 0. The van der Waals surface area contributed by atoms with Crippen molar-refractivity contribution in [1.29, 1.82) is 5.26 Å². The fourth-order valence-corrected chi connectivity index (χ4v) is 4.72. The first-order chi connectivity index (χ1) is 18.4. The zero-order chi connectivity index (χ0) is 26.6. The number of hydrogen-bond donors (Lipinski definition) is 3. The van der Waals surface area contributed by atoms with Gasteiger partial charge in [-0.1, -0.05) is 42.5 Å². The molecule has 4 N–H and O–H groups in total. The van der Waals surface area contributed by atoms with Crippen LogP contribution >= 0.6 is 0 Å². The summed E-state index contributed by atoms with van der Waals surface area (Å²) in [6, 6.07) is 22.9. The van der Waals surface area contributed by atoms with Gasteiger partial charge in [-0.05, 0) is 52.9 Å². The first-order valence-electron chi connectivity index (χ1n) is 12.3. The van der Waals surface area contributed by atoms with Crippen molar-refractivity contribution in [3.05, 3.63) is 101 Å². The summed E-state index contributed by atoms with van der Waals surface area (Å²) in [5.74, 6) is -1.18. The number of carbonyl (C=O) groups excluding carboxylic acids is 1. The summed E-state index contributed by atoms with van der Waals surface area (Å²) in [4.78, 5) is 15.4. The van der Waals surface area contributed by atoms with Crippen LogP contribution in [0.5, 0.6) is 0 Å². The van der Waals surface area contributed by atoms with E-state index in [1.165, 1.54) is 22.9 Å². The largest absolute Gasteiger partial charge is 0.392 e. The molecule has 1 saturated heterocycles. The highest BCUT2D eigenvalue weighted by molar-refractivity contribution is 6.03. The predicted octanol–water partition coefficient (Wildman–Crippen LogP) is 3.83. The van der Waals surface area contributed by atoms with Gasteiger partial charge in [0, 0.05) is 32.2 Å². The maximum Gasteiger partial charge on any atom is 0.274 e. The number of aliphatic hydroxyl groups is 1. The summed E-state index contributed by atoms with van der Waals surface area (Å²) in [5, 5.41) is 26.0. The molecule has 1 aliphatic heterocycles. The Balaban J connectivity index is 1.39.